The Labute approximate surface area is 88.4 Å². The fraction of sp³-hybridized carbons (Fsp3) is 0.556. The number of nitrogens with two attached hydrogens (primary N) is 1. The van der Waals surface area contributed by atoms with Crippen LogP contribution in [0, 0.1) is 0 Å². The van der Waals surface area contributed by atoms with Gasteiger partial charge in [-0.1, -0.05) is 0 Å². The Kier molecular flexibility index (Phi) is 4.11. The van der Waals surface area contributed by atoms with Gasteiger partial charge in [0.2, 0.25) is 0 Å². The zero-order valence-corrected chi connectivity index (χ0v) is 8.99. The zero-order chi connectivity index (χ0) is 11.3. The second-order valence-electron chi connectivity index (χ2n) is 3.07. The molecule has 0 atom stereocenters. The molecule has 3 N–H and O–H groups in total. The van der Waals surface area contributed by atoms with Crippen molar-refractivity contribution >= 4 is 11.7 Å². The average Bonchev–Trinajstić information content (AvgIpc) is 2.65. The number of carbonyl (C=O) groups is 1. The van der Waals surface area contributed by atoms with Gasteiger partial charge in [-0.25, -0.2) is 0 Å². The van der Waals surface area contributed by atoms with Gasteiger partial charge in [0.15, 0.2) is 0 Å². The Balaban J connectivity index is 2.69. The maximum Gasteiger partial charge on any atom is 0.259 e. The molecule has 1 rings (SSSR count). The molecule has 1 aromatic heterocycles. The van der Waals surface area contributed by atoms with Crippen molar-refractivity contribution in [3.8, 4) is 0 Å². The fourth-order valence-corrected chi connectivity index (χ4v) is 1.24. The summed E-state index contributed by atoms with van der Waals surface area (Å²) in [6.45, 7) is 3.59. The van der Waals surface area contributed by atoms with Crippen molar-refractivity contribution < 1.29 is 9.53 Å². The van der Waals surface area contributed by atoms with E-state index < -0.39 is 0 Å². The normalized spacial score (nSPS) is 10.3. The quantitative estimate of drug-likeness (QED) is 0.725. The Morgan fingerprint density at radius 2 is 2.47 bits per heavy atom. The first-order chi connectivity index (χ1) is 7.20. The molecule has 0 saturated carbocycles. The molecule has 6 nitrogen and oxygen atoms in total. The Morgan fingerprint density at radius 3 is 2.93 bits per heavy atom. The summed E-state index contributed by atoms with van der Waals surface area (Å²) in [6.07, 6.45) is 1.44. The highest BCUT2D eigenvalue weighted by Crippen LogP contribution is 2.09. The van der Waals surface area contributed by atoms with Crippen molar-refractivity contribution in [3.63, 3.8) is 0 Å². The fourth-order valence-electron chi connectivity index (χ4n) is 1.24. The number of nitrogen functional groups attached to an aromatic ring is 1. The van der Waals surface area contributed by atoms with Gasteiger partial charge in [0.1, 0.15) is 11.4 Å². The second kappa shape index (κ2) is 5.35. The number of carbonyl (C=O) groups excluding carboxylic acids is 1. The Hall–Kier alpha value is -1.56. The van der Waals surface area contributed by atoms with Gasteiger partial charge < -0.3 is 15.4 Å². The first-order valence-electron chi connectivity index (χ1n) is 4.77. The molecule has 0 bridgehead atoms. The standard InChI is InChI=1S/C9H16N4O2/c1-3-13(4-5-15-2)9(14)7-6-11-12-8(7)10/h6H,3-5H2,1-2H3,(H3,10,11,12). The van der Waals surface area contributed by atoms with Crippen LogP contribution >= 0.6 is 0 Å². The van der Waals surface area contributed by atoms with E-state index in [2.05, 4.69) is 10.2 Å². The van der Waals surface area contributed by atoms with Crippen molar-refractivity contribution in [2.45, 2.75) is 6.92 Å². The summed E-state index contributed by atoms with van der Waals surface area (Å²) in [5, 5.41) is 6.24. The lowest BCUT2D eigenvalue weighted by Crippen LogP contribution is -2.33. The van der Waals surface area contributed by atoms with E-state index in [1.165, 1.54) is 6.20 Å². The van der Waals surface area contributed by atoms with Crippen molar-refractivity contribution in [1.29, 1.82) is 0 Å². The van der Waals surface area contributed by atoms with Crippen LogP contribution in [-0.4, -0.2) is 47.8 Å². The predicted octanol–water partition coefficient (Wildman–Crippen LogP) is 0.100. The topological polar surface area (TPSA) is 84.2 Å². The summed E-state index contributed by atoms with van der Waals surface area (Å²) >= 11 is 0. The highest BCUT2D eigenvalue weighted by Gasteiger charge is 2.17. The second-order valence-corrected chi connectivity index (χ2v) is 3.07. The van der Waals surface area contributed by atoms with E-state index >= 15 is 0 Å². The third kappa shape index (κ3) is 2.69. The van der Waals surface area contributed by atoms with Gasteiger partial charge in [0, 0.05) is 20.2 Å². The van der Waals surface area contributed by atoms with Gasteiger partial charge in [0.05, 0.1) is 12.8 Å². The molecule has 0 saturated heterocycles. The molecule has 1 amide bonds. The third-order valence-electron chi connectivity index (χ3n) is 2.13. The van der Waals surface area contributed by atoms with Crippen LogP contribution in [0.25, 0.3) is 0 Å². The number of hydrogen-bond donors (Lipinski definition) is 2. The number of nitrogens with zero attached hydrogens (tertiary/aromatic N) is 2. The van der Waals surface area contributed by atoms with Crippen LogP contribution in [-0.2, 0) is 4.74 Å². The van der Waals surface area contributed by atoms with E-state index in [0.717, 1.165) is 0 Å². The molecule has 1 heterocycles. The van der Waals surface area contributed by atoms with E-state index in [-0.39, 0.29) is 5.91 Å². The minimum Gasteiger partial charge on any atom is -0.383 e. The van der Waals surface area contributed by atoms with Crippen LogP contribution in [0.1, 0.15) is 17.3 Å². The zero-order valence-electron chi connectivity index (χ0n) is 8.99. The summed E-state index contributed by atoms with van der Waals surface area (Å²) < 4.78 is 4.92. The van der Waals surface area contributed by atoms with Gasteiger partial charge in [-0.2, -0.15) is 5.10 Å². The summed E-state index contributed by atoms with van der Waals surface area (Å²) in [5.41, 5.74) is 5.98. The van der Waals surface area contributed by atoms with Gasteiger partial charge in [-0.15, -0.1) is 0 Å². The molecule has 0 unspecified atom stereocenters. The molecular formula is C9H16N4O2. The number of H-pyrrole nitrogens is 1. The number of amides is 1. The SMILES string of the molecule is CCN(CCOC)C(=O)c1cn[nH]c1N. The maximum absolute atomic E-state index is 11.9. The van der Waals surface area contributed by atoms with Crippen molar-refractivity contribution in [2.75, 3.05) is 32.5 Å². The van der Waals surface area contributed by atoms with Gasteiger partial charge in [-0.3, -0.25) is 9.89 Å². The number of rotatable bonds is 5. The minimum atomic E-state index is -0.124. The van der Waals surface area contributed by atoms with Gasteiger partial charge in [-0.05, 0) is 6.92 Å². The smallest absolute Gasteiger partial charge is 0.259 e. The molecule has 0 aliphatic heterocycles. The van der Waals surface area contributed by atoms with Crippen molar-refractivity contribution in [3.05, 3.63) is 11.8 Å². The van der Waals surface area contributed by atoms with Crippen LogP contribution in [0.3, 0.4) is 0 Å². The van der Waals surface area contributed by atoms with Gasteiger partial charge in [0.25, 0.3) is 5.91 Å². The van der Waals surface area contributed by atoms with Crippen LogP contribution < -0.4 is 5.73 Å². The average molecular weight is 212 g/mol. The lowest BCUT2D eigenvalue weighted by molar-refractivity contribution is 0.0707. The predicted molar refractivity (Wildman–Crippen MR) is 56.5 cm³/mol. The lowest BCUT2D eigenvalue weighted by Gasteiger charge is -2.19. The molecule has 0 aromatic carbocycles. The maximum atomic E-state index is 11.9. The molecular weight excluding hydrogens is 196 g/mol. The van der Waals surface area contributed by atoms with Crippen LogP contribution in [0.15, 0.2) is 6.20 Å². The molecule has 0 radical (unpaired) electrons. The monoisotopic (exact) mass is 212 g/mol. The summed E-state index contributed by atoms with van der Waals surface area (Å²) in [4.78, 5) is 13.6. The molecule has 6 heteroatoms. The van der Waals surface area contributed by atoms with E-state index in [9.17, 15) is 4.79 Å². The third-order valence-corrected chi connectivity index (χ3v) is 2.13. The number of aromatic nitrogens is 2. The number of anilines is 1. The Bertz CT molecular complexity index is 324. The molecule has 84 valence electrons. The van der Waals surface area contributed by atoms with E-state index in [1.807, 2.05) is 6.92 Å². The number of ether oxygens (including phenoxy) is 1. The largest absolute Gasteiger partial charge is 0.383 e. The molecule has 0 fully saturated rings. The number of likely N-dealkylation sites (N-methyl/N-ethyl adjacent to an activating group) is 1. The number of hydrogen-bond acceptors (Lipinski definition) is 4. The summed E-state index contributed by atoms with van der Waals surface area (Å²) in [5.74, 6) is 0.177. The highest BCUT2D eigenvalue weighted by molar-refractivity contribution is 5.98. The molecule has 0 aliphatic carbocycles. The lowest BCUT2D eigenvalue weighted by atomic mass is 10.3. The summed E-state index contributed by atoms with van der Waals surface area (Å²) in [6, 6.07) is 0. The number of aromatic amines is 1. The van der Waals surface area contributed by atoms with Crippen molar-refractivity contribution in [1.82, 2.24) is 15.1 Å². The summed E-state index contributed by atoms with van der Waals surface area (Å²) in [7, 11) is 1.60. The molecule has 15 heavy (non-hydrogen) atoms. The minimum absolute atomic E-state index is 0.124. The first kappa shape index (κ1) is 11.5. The Morgan fingerprint density at radius 1 is 1.73 bits per heavy atom. The van der Waals surface area contributed by atoms with Gasteiger partial charge >= 0.3 is 0 Å². The molecule has 0 aliphatic rings. The highest BCUT2D eigenvalue weighted by atomic mass is 16.5. The van der Waals surface area contributed by atoms with E-state index in [1.54, 1.807) is 12.0 Å². The van der Waals surface area contributed by atoms with Crippen LogP contribution in [0.5, 0.6) is 0 Å². The van der Waals surface area contributed by atoms with Crippen LogP contribution in [0.2, 0.25) is 0 Å². The van der Waals surface area contributed by atoms with E-state index in [0.29, 0.717) is 31.1 Å². The van der Waals surface area contributed by atoms with Crippen LogP contribution in [0.4, 0.5) is 5.82 Å². The first-order valence-corrected chi connectivity index (χ1v) is 4.77. The van der Waals surface area contributed by atoms with Crippen molar-refractivity contribution in [2.24, 2.45) is 0 Å². The van der Waals surface area contributed by atoms with E-state index in [4.69, 9.17) is 10.5 Å². The number of methoxy groups -OCH3 is 1. The molecule has 1 aromatic rings. The number of nitrogens with one attached hydrogen (secondary N) is 1. The molecule has 0 spiro atoms.